The number of ether oxygens (including phenoxy) is 1. The number of allylic oxidation sites excluding steroid dienone is 2. The number of nitrogens with one attached hydrogen (secondary N) is 6. The molecular weight excluding hydrogens is 1040 g/mol. The summed E-state index contributed by atoms with van der Waals surface area (Å²) in [6.07, 6.45) is 7.25. The van der Waals surface area contributed by atoms with E-state index in [9.17, 15) is 43.5 Å². The quantitative estimate of drug-likeness (QED) is 0.0342. The Hall–Kier alpha value is -7.73. The number of halogens is 2. The van der Waals surface area contributed by atoms with Gasteiger partial charge in [0.2, 0.25) is 47.3 Å². The van der Waals surface area contributed by atoms with E-state index in [1.807, 2.05) is 36.4 Å². The van der Waals surface area contributed by atoms with Crippen molar-refractivity contribution in [2.75, 3.05) is 39.3 Å². The SMILES string of the molecule is Cc1cc(C)n2c1C=C1C=CC(CCC(=O)NCCCC[C@H](NC(=O)CCNC(=O)[C@H](CC(N)=O)NC(=O)[C@H](CO)NC(=O)[C@@H](NC(=O)CCN3CCC(Oc4ccccc4Cc4ccccc4)CC3)C(C)C)C(N)=O)=[N+]1[B-]2(F)F. The summed E-state index contributed by atoms with van der Waals surface area (Å²) in [5.74, 6) is -5.50. The van der Waals surface area contributed by atoms with Crippen molar-refractivity contribution in [2.24, 2.45) is 17.4 Å². The number of nitrogens with two attached hydrogens (primary N) is 2. The Morgan fingerprint density at radius 3 is 2.15 bits per heavy atom. The van der Waals surface area contributed by atoms with Gasteiger partial charge < -0.3 is 75.7 Å². The summed E-state index contributed by atoms with van der Waals surface area (Å²) < 4.78 is 40.0. The zero-order valence-electron chi connectivity index (χ0n) is 45.9. The van der Waals surface area contributed by atoms with Crippen molar-refractivity contribution >= 4 is 66.0 Å². The van der Waals surface area contributed by atoms with E-state index in [1.54, 1.807) is 52.0 Å². The zero-order valence-corrected chi connectivity index (χ0v) is 45.9. The van der Waals surface area contributed by atoms with E-state index >= 15 is 8.63 Å². The molecule has 0 aliphatic carbocycles. The second-order valence-corrected chi connectivity index (χ2v) is 20.9. The van der Waals surface area contributed by atoms with Crippen LogP contribution in [0.4, 0.5) is 8.63 Å². The van der Waals surface area contributed by atoms with Crippen LogP contribution in [0, 0.1) is 19.8 Å². The molecule has 3 aromatic rings. The van der Waals surface area contributed by atoms with Crippen molar-refractivity contribution in [2.45, 2.75) is 129 Å². The fraction of sp³-hybridized carbons (Fsp3) is 0.482. The van der Waals surface area contributed by atoms with Crippen molar-refractivity contribution in [3.05, 3.63) is 107 Å². The number of nitrogens with zero attached hydrogens (tertiary/aromatic N) is 3. The van der Waals surface area contributed by atoms with Gasteiger partial charge in [-0.3, -0.25) is 38.4 Å². The molecule has 3 aliphatic rings. The number of amides is 8. The number of benzene rings is 2. The van der Waals surface area contributed by atoms with Crippen molar-refractivity contribution < 1.29 is 61.3 Å². The minimum Gasteiger partial charge on any atom is -0.490 e. The second kappa shape index (κ2) is 28.9. The third-order valence-electron chi connectivity index (χ3n) is 14.4. The Labute approximate surface area is 464 Å². The van der Waals surface area contributed by atoms with Crippen LogP contribution >= 0.6 is 0 Å². The van der Waals surface area contributed by atoms with Gasteiger partial charge in [0.05, 0.1) is 13.0 Å². The zero-order chi connectivity index (χ0) is 58.1. The van der Waals surface area contributed by atoms with Crippen LogP contribution in [-0.2, 0) is 44.8 Å². The Bertz CT molecular complexity index is 2830. The highest BCUT2D eigenvalue weighted by molar-refractivity contribution is 6.58. The number of piperidine rings is 1. The molecule has 21 nitrogen and oxygen atoms in total. The van der Waals surface area contributed by atoms with Crippen molar-refractivity contribution in [3.63, 3.8) is 0 Å². The van der Waals surface area contributed by atoms with Gasteiger partial charge in [0.15, 0.2) is 5.70 Å². The number of primary amides is 2. The van der Waals surface area contributed by atoms with Crippen LogP contribution in [-0.4, -0.2) is 149 Å². The van der Waals surface area contributed by atoms with Crippen LogP contribution in [0.25, 0.3) is 6.08 Å². The maximum atomic E-state index is 15.7. The first kappa shape index (κ1) is 61.5. The summed E-state index contributed by atoms with van der Waals surface area (Å²) in [4.78, 5) is 105. The van der Waals surface area contributed by atoms with E-state index in [-0.39, 0.29) is 57.2 Å². The average Bonchev–Trinajstić information content (AvgIpc) is 4.04. The van der Waals surface area contributed by atoms with Gasteiger partial charge >= 0.3 is 6.97 Å². The number of likely N-dealkylation sites (tertiary alicyclic amines) is 1. The molecule has 3 aliphatic heterocycles. The molecule has 8 amide bonds. The summed E-state index contributed by atoms with van der Waals surface area (Å²) in [5, 5.41) is 25.3. The standard InChI is InChI=1S/C56H76BF2N11O10/c1-35(2)52(67-51(75)24-29-68-27-22-42(23-28-68)80-47-16-9-8-14-39(47)31-38-12-6-5-7-13-38)56(79)66-45(34-71)55(78)65-44(33-48(60)72)54(77)63-26-21-50(74)64-43(53(61)76)15-10-11-25-62-49(73)20-19-40-17-18-41-32-46-36(3)30-37(4)69(46)57(58,59)70(40)41/h5-9,12-14,16-18,30,32,35,42-45,52,71H,10-11,15,19-29,31,33-34H2,1-4H3,(H2,60,72)(H2,61,76)(H,62,73)(H,63,77)(H,64,74)(H,65,78)(H,66,79)(H,67,75)/t43-,44-,45-,52-/m0/s1. The topological polar surface area (TPSA) is 301 Å². The lowest BCUT2D eigenvalue weighted by atomic mass is 9.90. The number of unbranched alkanes of at least 4 members (excludes halogenated alkanes) is 1. The number of fused-ring (bicyclic) bond motifs is 2. The van der Waals surface area contributed by atoms with Crippen LogP contribution < -0.4 is 48.1 Å². The molecule has 4 atom stereocenters. The maximum absolute atomic E-state index is 15.7. The second-order valence-electron chi connectivity index (χ2n) is 20.9. The van der Waals surface area contributed by atoms with E-state index in [4.69, 9.17) is 16.2 Å². The van der Waals surface area contributed by atoms with Crippen LogP contribution in [0.1, 0.15) is 106 Å². The molecule has 24 heteroatoms. The number of carbonyl (C=O) groups is 8. The normalized spacial score (nSPS) is 16.3. The highest BCUT2D eigenvalue weighted by atomic mass is 19.2. The highest BCUT2D eigenvalue weighted by Gasteiger charge is 2.52. The molecule has 80 heavy (non-hydrogen) atoms. The first-order valence-corrected chi connectivity index (χ1v) is 27.3. The Balaban J connectivity index is 0.870. The van der Waals surface area contributed by atoms with Gasteiger partial charge in [0, 0.05) is 88.7 Å². The van der Waals surface area contributed by atoms with Gasteiger partial charge in [-0.05, 0) is 86.4 Å². The lowest BCUT2D eigenvalue weighted by molar-refractivity contribution is -0.362. The highest BCUT2D eigenvalue weighted by Crippen LogP contribution is 2.34. The number of aliphatic hydroxyl groups is 1. The monoisotopic (exact) mass is 1110 g/mol. The summed E-state index contributed by atoms with van der Waals surface area (Å²) >= 11 is 0. The number of carbonyl (C=O) groups excluding carboxylic acids is 8. The molecule has 6 rings (SSSR count). The molecule has 0 saturated carbocycles. The Morgan fingerprint density at radius 2 is 1.46 bits per heavy atom. The fourth-order valence-electron chi connectivity index (χ4n) is 10.1. The first-order valence-electron chi connectivity index (χ1n) is 27.3. The Morgan fingerprint density at radius 1 is 0.775 bits per heavy atom. The predicted molar refractivity (Wildman–Crippen MR) is 296 cm³/mol. The summed E-state index contributed by atoms with van der Waals surface area (Å²) in [7, 11) is 0. The van der Waals surface area contributed by atoms with Crippen LogP contribution in [0.3, 0.4) is 0 Å². The number of aromatic nitrogens is 1. The molecule has 0 bridgehead atoms. The average molecular weight is 1110 g/mol. The van der Waals surface area contributed by atoms with Crippen LogP contribution in [0.5, 0.6) is 5.75 Å². The first-order chi connectivity index (χ1) is 38.1. The fourth-order valence-corrected chi connectivity index (χ4v) is 10.1. The van der Waals surface area contributed by atoms with Crippen LogP contribution in [0.2, 0.25) is 0 Å². The van der Waals surface area contributed by atoms with E-state index in [0.717, 1.165) is 45.1 Å². The number of aryl methyl sites for hydroxylation is 2. The third-order valence-corrected chi connectivity index (χ3v) is 14.4. The molecule has 1 fully saturated rings. The molecule has 432 valence electrons. The predicted octanol–water partition coefficient (Wildman–Crippen LogP) is 1.75. The van der Waals surface area contributed by atoms with E-state index in [0.29, 0.717) is 55.3 Å². The minimum absolute atomic E-state index is 0.0163. The number of hydrogen-bond acceptors (Lipinski definition) is 11. The molecule has 0 radical (unpaired) electrons. The van der Waals surface area contributed by atoms with Crippen molar-refractivity contribution in [1.82, 2.24) is 41.3 Å². The van der Waals surface area contributed by atoms with Crippen molar-refractivity contribution in [3.8, 4) is 5.75 Å². The largest absolute Gasteiger partial charge is 0.737 e. The van der Waals surface area contributed by atoms with E-state index in [2.05, 4.69) is 55.0 Å². The summed E-state index contributed by atoms with van der Waals surface area (Å²) in [6.45, 7) is 3.53. The van der Waals surface area contributed by atoms with E-state index in [1.165, 1.54) is 5.56 Å². The molecule has 4 heterocycles. The molecule has 2 aromatic carbocycles. The van der Waals surface area contributed by atoms with Gasteiger partial charge in [-0.1, -0.05) is 62.4 Å². The van der Waals surface area contributed by atoms with Gasteiger partial charge in [0.1, 0.15) is 41.7 Å². The van der Waals surface area contributed by atoms with Gasteiger partial charge in [0.25, 0.3) is 0 Å². The molecule has 11 N–H and O–H groups in total. The lowest BCUT2D eigenvalue weighted by Crippen LogP contribution is -2.59. The number of rotatable bonds is 30. The number of aliphatic hydroxyl groups excluding tert-OH is 1. The Kier molecular flexibility index (Phi) is 22.2. The van der Waals surface area contributed by atoms with Gasteiger partial charge in [-0.2, -0.15) is 0 Å². The molecular formula is C56H76BF2N11O10. The molecule has 1 aromatic heterocycles. The number of para-hydroxylation sites is 1. The summed E-state index contributed by atoms with van der Waals surface area (Å²) in [6, 6.07) is 14.6. The van der Waals surface area contributed by atoms with Gasteiger partial charge in [-0.15, -0.1) is 0 Å². The molecule has 0 unspecified atom stereocenters. The van der Waals surface area contributed by atoms with Gasteiger partial charge in [-0.25, -0.2) is 0 Å². The maximum Gasteiger partial charge on any atom is 0.737 e. The molecule has 1 saturated heterocycles. The minimum atomic E-state index is -4.15. The van der Waals surface area contributed by atoms with Crippen molar-refractivity contribution in [1.29, 1.82) is 0 Å². The summed E-state index contributed by atoms with van der Waals surface area (Å²) in [5.41, 5.74) is 15.6. The smallest absolute Gasteiger partial charge is 0.490 e. The van der Waals surface area contributed by atoms with E-state index < -0.39 is 91.4 Å². The third kappa shape index (κ3) is 17.1. The lowest BCUT2D eigenvalue weighted by Gasteiger charge is -2.32. The number of hydrogen-bond donors (Lipinski definition) is 9. The van der Waals surface area contributed by atoms with Crippen LogP contribution in [0.15, 0.2) is 78.5 Å². The molecule has 0 spiro atoms.